The number of rotatable bonds is 8. The van der Waals surface area contributed by atoms with Crippen LogP contribution >= 0.6 is 0 Å². The third-order valence-electron chi connectivity index (χ3n) is 5.03. The van der Waals surface area contributed by atoms with Crippen LogP contribution < -0.4 is 15.0 Å². The molecule has 156 valence electrons. The fraction of sp³-hybridized carbons (Fsp3) is 0.208. The molecule has 3 rings (SSSR count). The van der Waals surface area contributed by atoms with Gasteiger partial charge in [0.1, 0.15) is 12.3 Å². The summed E-state index contributed by atoms with van der Waals surface area (Å²) >= 11 is 0. The monoisotopic (exact) mass is 411 g/mol. The van der Waals surface area contributed by atoms with Crippen LogP contribution in [0.4, 0.5) is 14.5 Å². The minimum Gasteiger partial charge on any atom is -0.435 e. The molecule has 3 aromatic rings. The van der Waals surface area contributed by atoms with E-state index in [-0.39, 0.29) is 17.7 Å². The molecule has 0 heterocycles. The third-order valence-corrected chi connectivity index (χ3v) is 5.03. The first-order chi connectivity index (χ1) is 14.4. The van der Waals surface area contributed by atoms with E-state index in [1.165, 1.54) is 12.1 Å². The number of carbonyl (C=O) groups excluding carboxylic acids is 1. The highest BCUT2D eigenvalue weighted by Crippen LogP contribution is 2.27. The first-order valence-electron chi connectivity index (χ1n) is 9.75. The van der Waals surface area contributed by atoms with E-state index in [1.807, 2.05) is 68.6 Å². The van der Waals surface area contributed by atoms with Gasteiger partial charge in [-0.25, -0.2) is 0 Å². The van der Waals surface area contributed by atoms with Gasteiger partial charge in [-0.2, -0.15) is 8.78 Å². The molecule has 0 aromatic heterocycles. The second-order valence-electron chi connectivity index (χ2n) is 7.17. The van der Waals surface area contributed by atoms with Crippen molar-refractivity contribution in [2.24, 2.45) is 0 Å². The van der Waals surface area contributed by atoms with Crippen LogP contribution in [0, 0.1) is 0 Å². The van der Waals surface area contributed by atoms with E-state index in [0.29, 0.717) is 6.54 Å². The highest BCUT2D eigenvalue weighted by Gasteiger charge is 2.23. The van der Waals surface area contributed by atoms with Crippen molar-refractivity contribution >= 4 is 11.6 Å². The maximum Gasteiger partial charge on any atom is 0.387 e. The van der Waals surface area contributed by atoms with Crippen molar-refractivity contribution in [1.29, 1.82) is 0 Å². The lowest BCUT2D eigenvalue weighted by Crippen LogP contribution is -3.12. The second kappa shape index (κ2) is 9.98. The molecular formula is C24H25F2N2O2+. The van der Waals surface area contributed by atoms with Crippen LogP contribution in [0.1, 0.15) is 12.5 Å². The summed E-state index contributed by atoms with van der Waals surface area (Å²) in [5, 5.41) is 3.04. The van der Waals surface area contributed by atoms with E-state index in [0.717, 1.165) is 27.3 Å². The predicted octanol–water partition coefficient (Wildman–Crippen LogP) is 4.00. The van der Waals surface area contributed by atoms with Gasteiger partial charge in [-0.05, 0) is 42.8 Å². The maximum atomic E-state index is 12.9. The van der Waals surface area contributed by atoms with Gasteiger partial charge in [0.15, 0.2) is 6.04 Å². The van der Waals surface area contributed by atoms with Crippen molar-refractivity contribution < 1.29 is 23.2 Å². The third kappa shape index (κ3) is 5.64. The highest BCUT2D eigenvalue weighted by atomic mass is 19.3. The van der Waals surface area contributed by atoms with E-state index < -0.39 is 6.61 Å². The average Bonchev–Trinajstić information content (AvgIpc) is 2.75. The Bertz CT molecular complexity index is 962. The van der Waals surface area contributed by atoms with Crippen molar-refractivity contribution in [3.63, 3.8) is 0 Å². The van der Waals surface area contributed by atoms with Gasteiger partial charge in [0.2, 0.25) is 0 Å². The fourth-order valence-corrected chi connectivity index (χ4v) is 3.19. The van der Waals surface area contributed by atoms with Gasteiger partial charge < -0.3 is 15.0 Å². The zero-order valence-electron chi connectivity index (χ0n) is 16.9. The number of halogens is 2. The molecule has 0 saturated heterocycles. The molecule has 0 aliphatic rings. The van der Waals surface area contributed by atoms with Crippen molar-refractivity contribution in [3.05, 3.63) is 84.4 Å². The lowest BCUT2D eigenvalue weighted by atomic mass is 10.0. The Kier molecular flexibility index (Phi) is 7.14. The zero-order valence-corrected chi connectivity index (χ0v) is 16.9. The number of anilines is 1. The number of amides is 1. The molecule has 0 fully saturated rings. The number of benzene rings is 3. The molecule has 4 nitrogen and oxygen atoms in total. The quantitative estimate of drug-likeness (QED) is 0.589. The molecule has 0 bridgehead atoms. The van der Waals surface area contributed by atoms with Gasteiger partial charge in [-0.1, -0.05) is 48.5 Å². The van der Waals surface area contributed by atoms with Crippen LogP contribution in [0.25, 0.3) is 11.1 Å². The van der Waals surface area contributed by atoms with Crippen LogP contribution in [0.15, 0.2) is 78.9 Å². The number of para-hydroxylation sites is 1. The maximum absolute atomic E-state index is 12.9. The number of alkyl halides is 2. The molecule has 0 aliphatic carbocycles. The van der Waals surface area contributed by atoms with Crippen molar-refractivity contribution in [1.82, 2.24) is 0 Å². The Morgan fingerprint density at radius 2 is 1.60 bits per heavy atom. The van der Waals surface area contributed by atoms with Crippen molar-refractivity contribution in [2.45, 2.75) is 26.1 Å². The molecule has 0 radical (unpaired) electrons. The first kappa shape index (κ1) is 21.5. The molecule has 1 amide bonds. The predicted molar refractivity (Wildman–Crippen MR) is 114 cm³/mol. The Hall–Kier alpha value is -3.25. The molecule has 2 N–H and O–H groups in total. The van der Waals surface area contributed by atoms with E-state index >= 15 is 0 Å². The molecule has 3 aromatic carbocycles. The van der Waals surface area contributed by atoms with Gasteiger partial charge in [-0.15, -0.1) is 0 Å². The normalized spacial score (nSPS) is 13.0. The molecule has 30 heavy (non-hydrogen) atoms. The van der Waals surface area contributed by atoms with Gasteiger partial charge >= 0.3 is 6.61 Å². The van der Waals surface area contributed by atoms with Crippen LogP contribution in [0.3, 0.4) is 0 Å². The summed E-state index contributed by atoms with van der Waals surface area (Å²) < 4.78 is 28.9. The summed E-state index contributed by atoms with van der Waals surface area (Å²) in [6.45, 7) is -0.403. The summed E-state index contributed by atoms with van der Waals surface area (Å²) in [5.41, 5.74) is 3.69. The van der Waals surface area contributed by atoms with Gasteiger partial charge in [-0.3, -0.25) is 4.79 Å². The minimum absolute atomic E-state index is 0.0893. The number of carbonyl (C=O) groups is 1. The Morgan fingerprint density at radius 3 is 2.27 bits per heavy atom. The van der Waals surface area contributed by atoms with E-state index in [2.05, 4.69) is 10.1 Å². The topological polar surface area (TPSA) is 42.8 Å². The molecule has 6 heteroatoms. The van der Waals surface area contributed by atoms with Crippen LogP contribution in [0.5, 0.6) is 5.75 Å². The van der Waals surface area contributed by atoms with Gasteiger partial charge in [0.25, 0.3) is 5.91 Å². The number of likely N-dealkylation sites (N-methyl/N-ethyl adjacent to an activating group) is 1. The fourth-order valence-electron chi connectivity index (χ4n) is 3.19. The highest BCUT2D eigenvalue weighted by molar-refractivity contribution is 5.97. The standard InChI is InChI=1S/C24H24F2N2O2/c1-17(28(2)16-18-12-14-20(15-13-18)30-24(25)26)23(29)27-22-11-7-6-10-21(22)19-8-4-3-5-9-19/h3-15,17,24H,16H2,1-2H3,(H,27,29)/p+1/t17-/m1/s1. The van der Waals surface area contributed by atoms with Crippen molar-refractivity contribution in [3.8, 4) is 16.9 Å². The molecule has 0 spiro atoms. The molecule has 0 saturated carbocycles. The molecule has 2 atom stereocenters. The minimum atomic E-state index is -2.84. The zero-order chi connectivity index (χ0) is 21.5. The number of hydrogen-bond donors (Lipinski definition) is 2. The van der Waals surface area contributed by atoms with Gasteiger partial charge in [0.05, 0.1) is 7.05 Å². The van der Waals surface area contributed by atoms with Gasteiger partial charge in [0, 0.05) is 16.8 Å². The Labute approximate surface area is 175 Å². The first-order valence-corrected chi connectivity index (χ1v) is 9.75. The number of quaternary nitrogens is 1. The molecular weight excluding hydrogens is 386 g/mol. The van der Waals surface area contributed by atoms with E-state index in [1.54, 1.807) is 12.1 Å². The SMILES string of the molecule is C[C@H](C(=O)Nc1ccccc1-c1ccccc1)[NH+](C)Cc1ccc(OC(F)F)cc1. The summed E-state index contributed by atoms with van der Waals surface area (Å²) in [6.07, 6.45) is 0. The largest absolute Gasteiger partial charge is 0.435 e. The second-order valence-corrected chi connectivity index (χ2v) is 7.17. The lowest BCUT2D eigenvalue weighted by molar-refractivity contribution is -0.907. The van der Waals surface area contributed by atoms with E-state index in [9.17, 15) is 13.6 Å². The van der Waals surface area contributed by atoms with Crippen LogP contribution in [-0.4, -0.2) is 25.6 Å². The molecule has 0 aliphatic heterocycles. The van der Waals surface area contributed by atoms with Crippen LogP contribution in [-0.2, 0) is 11.3 Å². The summed E-state index contributed by atoms with van der Waals surface area (Å²) in [7, 11) is 1.93. The van der Waals surface area contributed by atoms with Crippen LogP contribution in [0.2, 0.25) is 0 Å². The Morgan fingerprint density at radius 1 is 0.967 bits per heavy atom. The lowest BCUT2D eigenvalue weighted by Gasteiger charge is -2.22. The number of hydrogen-bond acceptors (Lipinski definition) is 2. The summed E-state index contributed by atoms with van der Waals surface area (Å²) in [6, 6.07) is 23.8. The smallest absolute Gasteiger partial charge is 0.387 e. The van der Waals surface area contributed by atoms with Crippen molar-refractivity contribution in [2.75, 3.05) is 12.4 Å². The number of ether oxygens (including phenoxy) is 1. The summed E-state index contributed by atoms with van der Waals surface area (Å²) in [4.78, 5) is 13.8. The summed E-state index contributed by atoms with van der Waals surface area (Å²) in [5.74, 6) is 0.0308. The number of nitrogens with one attached hydrogen (secondary N) is 2. The van der Waals surface area contributed by atoms with E-state index in [4.69, 9.17) is 0 Å². The Balaban J connectivity index is 1.65. The molecule has 1 unspecified atom stereocenters. The average molecular weight is 411 g/mol.